The Labute approximate surface area is 130 Å². The molecule has 0 amide bonds. The fourth-order valence-corrected chi connectivity index (χ4v) is 3.68. The lowest BCUT2D eigenvalue weighted by atomic mass is 9.80. The van der Waals surface area contributed by atoms with Crippen LogP contribution in [0.2, 0.25) is 0 Å². The zero-order valence-electron chi connectivity index (χ0n) is 12.5. The summed E-state index contributed by atoms with van der Waals surface area (Å²) >= 11 is 3.29. The molecule has 1 fully saturated rings. The van der Waals surface area contributed by atoms with E-state index in [1.165, 1.54) is 31.2 Å². The Morgan fingerprint density at radius 1 is 1.30 bits per heavy atom. The second-order valence-electron chi connectivity index (χ2n) is 6.66. The number of rotatable bonds is 6. The molecule has 0 saturated heterocycles. The highest BCUT2D eigenvalue weighted by atomic mass is 79.9. The molecule has 1 aromatic carbocycles. The molecule has 1 saturated carbocycles. The number of benzene rings is 1. The summed E-state index contributed by atoms with van der Waals surface area (Å²) in [4.78, 5) is 0. The van der Waals surface area contributed by atoms with Crippen molar-refractivity contribution < 1.29 is 4.39 Å². The van der Waals surface area contributed by atoms with E-state index in [-0.39, 0.29) is 5.82 Å². The minimum Gasteiger partial charge on any atom is -0.316 e. The average molecular weight is 342 g/mol. The third kappa shape index (κ3) is 4.29. The maximum Gasteiger partial charge on any atom is 0.137 e. The van der Waals surface area contributed by atoms with Crippen molar-refractivity contribution in [2.24, 2.45) is 11.3 Å². The first-order valence-electron chi connectivity index (χ1n) is 7.65. The minimum absolute atomic E-state index is 0.174. The molecule has 1 N–H and O–H groups in total. The molecule has 1 aliphatic rings. The molecule has 1 aromatic rings. The second kappa shape index (κ2) is 7.04. The van der Waals surface area contributed by atoms with Crippen molar-refractivity contribution in [3.8, 4) is 0 Å². The Morgan fingerprint density at radius 2 is 2.00 bits per heavy atom. The van der Waals surface area contributed by atoms with Gasteiger partial charge < -0.3 is 5.32 Å². The zero-order valence-corrected chi connectivity index (χ0v) is 14.1. The van der Waals surface area contributed by atoms with Gasteiger partial charge in [-0.25, -0.2) is 4.39 Å². The molecule has 0 aliphatic heterocycles. The Bertz CT molecular complexity index is 439. The number of hydrogen-bond acceptors (Lipinski definition) is 1. The minimum atomic E-state index is -0.174. The summed E-state index contributed by atoms with van der Waals surface area (Å²) in [6.45, 7) is 6.64. The van der Waals surface area contributed by atoms with E-state index in [4.69, 9.17) is 0 Å². The third-order valence-corrected chi connectivity index (χ3v) is 4.89. The van der Waals surface area contributed by atoms with Gasteiger partial charge in [0, 0.05) is 6.54 Å². The van der Waals surface area contributed by atoms with Crippen LogP contribution in [-0.2, 0) is 6.42 Å². The van der Waals surface area contributed by atoms with E-state index in [0.29, 0.717) is 15.8 Å². The topological polar surface area (TPSA) is 12.0 Å². The first kappa shape index (κ1) is 16.0. The Hall–Kier alpha value is -0.410. The summed E-state index contributed by atoms with van der Waals surface area (Å²) in [6, 6.07) is 5.45. The van der Waals surface area contributed by atoms with Gasteiger partial charge in [-0.2, -0.15) is 0 Å². The van der Waals surface area contributed by atoms with Crippen LogP contribution < -0.4 is 5.32 Å². The van der Waals surface area contributed by atoms with E-state index in [1.807, 2.05) is 12.1 Å². The summed E-state index contributed by atoms with van der Waals surface area (Å²) < 4.78 is 13.9. The van der Waals surface area contributed by atoms with E-state index < -0.39 is 0 Å². The molecule has 0 atom stereocenters. The van der Waals surface area contributed by atoms with Crippen LogP contribution in [0.15, 0.2) is 22.7 Å². The molecule has 0 aromatic heterocycles. The molecule has 0 heterocycles. The molecular weight excluding hydrogens is 317 g/mol. The van der Waals surface area contributed by atoms with Crippen LogP contribution >= 0.6 is 15.9 Å². The molecule has 2 rings (SSSR count). The molecule has 112 valence electrons. The smallest absolute Gasteiger partial charge is 0.137 e. The summed E-state index contributed by atoms with van der Waals surface area (Å²) in [6.07, 6.45) is 6.27. The summed E-state index contributed by atoms with van der Waals surface area (Å²) in [5, 5.41) is 3.63. The van der Waals surface area contributed by atoms with Gasteiger partial charge in [0.15, 0.2) is 0 Å². The highest BCUT2D eigenvalue weighted by Gasteiger charge is 2.33. The first-order valence-corrected chi connectivity index (χ1v) is 8.45. The maximum absolute atomic E-state index is 13.3. The predicted molar refractivity (Wildman–Crippen MR) is 86.4 cm³/mol. The number of nitrogens with one attached hydrogen (secondary N) is 1. The van der Waals surface area contributed by atoms with Gasteiger partial charge in [0.1, 0.15) is 5.82 Å². The normalized spacial score (nSPS) is 17.9. The zero-order chi connectivity index (χ0) is 14.6. The summed E-state index contributed by atoms with van der Waals surface area (Å²) in [5.74, 6) is 0.514. The molecule has 20 heavy (non-hydrogen) atoms. The molecule has 1 nitrogen and oxygen atoms in total. The lowest BCUT2D eigenvalue weighted by molar-refractivity contribution is 0.273. The molecule has 0 spiro atoms. The van der Waals surface area contributed by atoms with Gasteiger partial charge in [-0.3, -0.25) is 0 Å². The van der Waals surface area contributed by atoms with Crippen molar-refractivity contribution in [3.63, 3.8) is 0 Å². The maximum atomic E-state index is 13.3. The van der Waals surface area contributed by atoms with Crippen LogP contribution in [-0.4, -0.2) is 13.1 Å². The fourth-order valence-electron chi connectivity index (χ4n) is 3.25. The average Bonchev–Trinajstić information content (AvgIpc) is 2.82. The number of halogens is 2. The van der Waals surface area contributed by atoms with E-state index in [2.05, 4.69) is 35.1 Å². The van der Waals surface area contributed by atoms with Crippen LogP contribution in [0.4, 0.5) is 4.39 Å². The molecule has 0 radical (unpaired) electrons. The van der Waals surface area contributed by atoms with Gasteiger partial charge in [-0.15, -0.1) is 0 Å². The van der Waals surface area contributed by atoms with Gasteiger partial charge in [0.25, 0.3) is 0 Å². The molecular formula is C17H25BrFN. The highest BCUT2D eigenvalue weighted by molar-refractivity contribution is 9.10. The van der Waals surface area contributed by atoms with Crippen LogP contribution in [0.25, 0.3) is 0 Å². The van der Waals surface area contributed by atoms with Crippen LogP contribution in [0, 0.1) is 17.2 Å². The largest absolute Gasteiger partial charge is 0.316 e. The van der Waals surface area contributed by atoms with Crippen LogP contribution in [0.1, 0.15) is 45.1 Å². The van der Waals surface area contributed by atoms with E-state index >= 15 is 0 Å². The quantitative estimate of drug-likeness (QED) is 0.772. The SMILES string of the molecule is CC(C)CNCC1(Cc2ccc(F)c(Br)c2)CCCC1. The molecule has 1 aliphatic carbocycles. The van der Waals surface area contributed by atoms with Gasteiger partial charge in [0.05, 0.1) is 4.47 Å². The summed E-state index contributed by atoms with van der Waals surface area (Å²) in [5.41, 5.74) is 1.61. The lowest BCUT2D eigenvalue weighted by Gasteiger charge is -2.30. The highest BCUT2D eigenvalue weighted by Crippen LogP contribution is 2.40. The Morgan fingerprint density at radius 3 is 2.60 bits per heavy atom. The predicted octanol–water partition coefficient (Wildman–Crippen LogP) is 4.94. The molecule has 0 bridgehead atoms. The van der Waals surface area contributed by atoms with Gasteiger partial charge >= 0.3 is 0 Å². The third-order valence-electron chi connectivity index (χ3n) is 4.28. The van der Waals surface area contributed by atoms with Crippen molar-refractivity contribution in [1.82, 2.24) is 5.32 Å². The molecule has 3 heteroatoms. The molecule has 0 unspecified atom stereocenters. The fraction of sp³-hybridized carbons (Fsp3) is 0.647. The van der Waals surface area contributed by atoms with Crippen molar-refractivity contribution in [2.45, 2.75) is 46.0 Å². The van der Waals surface area contributed by atoms with Gasteiger partial charge in [-0.05, 0) is 70.8 Å². The van der Waals surface area contributed by atoms with E-state index in [1.54, 1.807) is 6.07 Å². The second-order valence-corrected chi connectivity index (χ2v) is 7.51. The first-order chi connectivity index (χ1) is 9.51. The van der Waals surface area contributed by atoms with Crippen LogP contribution in [0.5, 0.6) is 0 Å². The Balaban J connectivity index is 2.02. The van der Waals surface area contributed by atoms with Gasteiger partial charge in [0.2, 0.25) is 0 Å². The van der Waals surface area contributed by atoms with Gasteiger partial charge in [-0.1, -0.05) is 32.8 Å². The number of hydrogen-bond donors (Lipinski definition) is 1. The van der Waals surface area contributed by atoms with E-state index in [0.717, 1.165) is 19.5 Å². The van der Waals surface area contributed by atoms with Crippen molar-refractivity contribution >= 4 is 15.9 Å². The summed E-state index contributed by atoms with van der Waals surface area (Å²) in [7, 11) is 0. The lowest BCUT2D eigenvalue weighted by Crippen LogP contribution is -2.35. The van der Waals surface area contributed by atoms with Crippen molar-refractivity contribution in [2.75, 3.05) is 13.1 Å². The van der Waals surface area contributed by atoms with E-state index in [9.17, 15) is 4.39 Å². The Kier molecular flexibility index (Phi) is 5.62. The van der Waals surface area contributed by atoms with Crippen LogP contribution in [0.3, 0.4) is 0 Å². The van der Waals surface area contributed by atoms with Crippen molar-refractivity contribution in [1.29, 1.82) is 0 Å². The standard InChI is InChI=1S/C17H25BrFN/c1-13(2)11-20-12-17(7-3-4-8-17)10-14-5-6-16(19)15(18)9-14/h5-6,9,13,20H,3-4,7-8,10-12H2,1-2H3. The van der Waals surface area contributed by atoms with Crippen molar-refractivity contribution in [3.05, 3.63) is 34.1 Å². The monoisotopic (exact) mass is 341 g/mol.